The largest absolute Gasteiger partial charge is 0.479 e. The molecule has 7 heteroatoms. The molecule has 7 nitrogen and oxygen atoms in total. The summed E-state index contributed by atoms with van der Waals surface area (Å²) in [6, 6.07) is -0.0473. The first-order valence-corrected chi connectivity index (χ1v) is 7.03. The smallest absolute Gasteiger partial charge is 0.332 e. The molecule has 20 heavy (non-hydrogen) atoms. The highest BCUT2D eigenvalue weighted by Crippen LogP contribution is 2.31. The van der Waals surface area contributed by atoms with E-state index in [1.165, 1.54) is 0 Å². The molecule has 0 aromatic carbocycles. The number of carbonyl (C=O) groups is 3. The lowest BCUT2D eigenvalue weighted by molar-refractivity contribution is -0.155. The minimum atomic E-state index is -1.02. The number of carboxylic acids is 1. The first-order valence-electron chi connectivity index (χ1n) is 7.03. The number of carbonyl (C=O) groups excluding carboxylic acids is 2. The van der Waals surface area contributed by atoms with Crippen LogP contribution in [0.4, 0.5) is 0 Å². The van der Waals surface area contributed by atoms with Gasteiger partial charge in [0.2, 0.25) is 5.91 Å². The van der Waals surface area contributed by atoms with Crippen LogP contribution in [0.5, 0.6) is 0 Å². The number of carboxylic acid groups (broad SMARTS) is 1. The third-order valence-electron chi connectivity index (χ3n) is 4.40. The van der Waals surface area contributed by atoms with E-state index in [0.717, 1.165) is 12.8 Å². The Morgan fingerprint density at radius 1 is 1.15 bits per heavy atom. The van der Waals surface area contributed by atoms with E-state index < -0.39 is 18.2 Å². The predicted octanol–water partition coefficient (Wildman–Crippen LogP) is -0.502. The molecule has 2 unspecified atom stereocenters. The summed E-state index contributed by atoms with van der Waals surface area (Å²) in [6.07, 6.45) is 1.29. The number of hydrogen-bond donors (Lipinski definition) is 2. The van der Waals surface area contributed by atoms with Crippen LogP contribution in [0.3, 0.4) is 0 Å². The maximum atomic E-state index is 12.6. The second kappa shape index (κ2) is 5.05. The molecule has 110 valence electrons. The quantitative estimate of drug-likeness (QED) is 0.711. The van der Waals surface area contributed by atoms with Gasteiger partial charge in [-0.15, -0.1) is 0 Å². The molecule has 3 aliphatic rings. The Morgan fingerprint density at radius 3 is 2.55 bits per heavy atom. The predicted molar refractivity (Wildman–Crippen MR) is 66.8 cm³/mol. The second-order valence-corrected chi connectivity index (χ2v) is 5.67. The summed E-state index contributed by atoms with van der Waals surface area (Å²) in [6.45, 7) is 0.482. The number of nitrogens with one attached hydrogen (secondary N) is 1. The lowest BCUT2D eigenvalue weighted by Crippen LogP contribution is -2.47. The Bertz CT molecular complexity index is 452. The normalized spacial score (nSPS) is 36.6. The molecule has 0 aromatic heterocycles. The van der Waals surface area contributed by atoms with Crippen LogP contribution in [-0.2, 0) is 19.1 Å². The van der Waals surface area contributed by atoms with E-state index in [-0.39, 0.29) is 23.9 Å². The minimum Gasteiger partial charge on any atom is -0.479 e. The fraction of sp³-hybridized carbons (Fsp3) is 0.769. The second-order valence-electron chi connectivity index (χ2n) is 5.67. The molecular weight excluding hydrogens is 264 g/mol. The van der Waals surface area contributed by atoms with Crippen molar-refractivity contribution in [3.63, 3.8) is 0 Å². The van der Waals surface area contributed by atoms with Crippen molar-refractivity contribution in [1.82, 2.24) is 10.2 Å². The Labute approximate surface area is 116 Å². The fourth-order valence-corrected chi connectivity index (χ4v) is 3.41. The fourth-order valence-electron chi connectivity index (χ4n) is 3.41. The summed E-state index contributed by atoms with van der Waals surface area (Å²) in [5.41, 5.74) is 0. The Hall–Kier alpha value is -1.63. The zero-order chi connectivity index (χ0) is 14.3. The van der Waals surface area contributed by atoms with Gasteiger partial charge in [-0.1, -0.05) is 0 Å². The molecule has 3 aliphatic heterocycles. The monoisotopic (exact) mass is 282 g/mol. The summed E-state index contributed by atoms with van der Waals surface area (Å²) in [5, 5.41) is 11.7. The number of rotatable bonds is 2. The van der Waals surface area contributed by atoms with Gasteiger partial charge in [0.1, 0.15) is 6.10 Å². The molecule has 4 atom stereocenters. The first kappa shape index (κ1) is 13.4. The van der Waals surface area contributed by atoms with Crippen LogP contribution in [0.1, 0.15) is 32.1 Å². The van der Waals surface area contributed by atoms with Crippen LogP contribution in [0.2, 0.25) is 0 Å². The Kier molecular flexibility index (Phi) is 3.37. The zero-order valence-corrected chi connectivity index (χ0v) is 11.1. The molecule has 3 fully saturated rings. The van der Waals surface area contributed by atoms with Gasteiger partial charge in [-0.3, -0.25) is 9.59 Å². The van der Waals surface area contributed by atoms with Crippen molar-refractivity contribution >= 4 is 17.8 Å². The maximum absolute atomic E-state index is 12.6. The minimum absolute atomic E-state index is 0.0198. The average molecular weight is 282 g/mol. The standard InChI is InChI=1S/C13H18N2O5/c16-11-5-7-1-2-8(6-14-11)15(7)12(17)9-3-4-10(20-9)13(18)19/h7-10H,1-6H2,(H,14,16)(H,18,19)/t7?,8?,9-,10+/m0/s1. The van der Waals surface area contributed by atoms with Gasteiger partial charge in [0.05, 0.1) is 0 Å². The van der Waals surface area contributed by atoms with E-state index in [0.29, 0.717) is 25.8 Å². The molecule has 3 heterocycles. The Balaban J connectivity index is 1.71. The molecule has 0 aliphatic carbocycles. The number of hydrogen-bond acceptors (Lipinski definition) is 4. The van der Waals surface area contributed by atoms with Crippen molar-refractivity contribution < 1.29 is 24.2 Å². The third kappa shape index (κ3) is 2.26. The zero-order valence-electron chi connectivity index (χ0n) is 11.1. The van der Waals surface area contributed by atoms with Crippen molar-refractivity contribution in [2.75, 3.05) is 6.54 Å². The van der Waals surface area contributed by atoms with Crippen LogP contribution in [0.25, 0.3) is 0 Å². The van der Waals surface area contributed by atoms with Crippen LogP contribution in [-0.4, -0.2) is 58.6 Å². The topological polar surface area (TPSA) is 95.9 Å². The molecule has 0 spiro atoms. The van der Waals surface area contributed by atoms with Gasteiger partial charge in [-0.25, -0.2) is 4.79 Å². The van der Waals surface area contributed by atoms with E-state index in [1.54, 1.807) is 4.90 Å². The van der Waals surface area contributed by atoms with E-state index >= 15 is 0 Å². The molecule has 0 saturated carbocycles. The van der Waals surface area contributed by atoms with Gasteiger partial charge in [0.15, 0.2) is 6.10 Å². The summed E-state index contributed by atoms with van der Waals surface area (Å²) >= 11 is 0. The van der Waals surface area contributed by atoms with Gasteiger partial charge < -0.3 is 20.1 Å². The van der Waals surface area contributed by atoms with Gasteiger partial charge in [0.25, 0.3) is 5.91 Å². The van der Waals surface area contributed by atoms with E-state index in [2.05, 4.69) is 5.32 Å². The molecule has 0 aromatic rings. The molecular formula is C13H18N2O5. The van der Waals surface area contributed by atoms with Crippen molar-refractivity contribution in [3.8, 4) is 0 Å². The summed E-state index contributed by atoms with van der Waals surface area (Å²) < 4.78 is 5.33. The highest BCUT2D eigenvalue weighted by molar-refractivity contribution is 5.85. The van der Waals surface area contributed by atoms with Crippen molar-refractivity contribution in [2.45, 2.75) is 56.4 Å². The molecule has 3 rings (SSSR count). The Morgan fingerprint density at radius 2 is 1.85 bits per heavy atom. The van der Waals surface area contributed by atoms with Gasteiger partial charge >= 0.3 is 5.97 Å². The van der Waals surface area contributed by atoms with Gasteiger partial charge in [-0.2, -0.15) is 0 Å². The van der Waals surface area contributed by atoms with E-state index in [1.807, 2.05) is 0 Å². The molecule has 3 saturated heterocycles. The number of amides is 2. The van der Waals surface area contributed by atoms with Crippen LogP contribution in [0.15, 0.2) is 0 Å². The van der Waals surface area contributed by atoms with Crippen molar-refractivity contribution in [3.05, 3.63) is 0 Å². The lowest BCUT2D eigenvalue weighted by Gasteiger charge is -2.29. The maximum Gasteiger partial charge on any atom is 0.332 e. The van der Waals surface area contributed by atoms with Crippen molar-refractivity contribution in [1.29, 1.82) is 0 Å². The SMILES string of the molecule is O=C1CC2CCC(CN1)N2C(=O)[C@@H]1CC[C@H](C(=O)O)O1. The molecule has 2 amide bonds. The highest BCUT2D eigenvalue weighted by atomic mass is 16.5. The summed E-state index contributed by atoms with van der Waals surface area (Å²) in [7, 11) is 0. The number of aliphatic carboxylic acids is 1. The molecule has 2 bridgehead atoms. The third-order valence-corrected chi connectivity index (χ3v) is 4.40. The van der Waals surface area contributed by atoms with Crippen LogP contribution >= 0.6 is 0 Å². The average Bonchev–Trinajstić information content (AvgIpc) is 2.97. The number of nitrogens with zero attached hydrogens (tertiary/aromatic N) is 1. The summed E-state index contributed by atoms with van der Waals surface area (Å²) in [4.78, 5) is 36.7. The lowest BCUT2D eigenvalue weighted by atomic mass is 10.1. The van der Waals surface area contributed by atoms with E-state index in [4.69, 9.17) is 9.84 Å². The van der Waals surface area contributed by atoms with E-state index in [9.17, 15) is 14.4 Å². The van der Waals surface area contributed by atoms with Crippen molar-refractivity contribution in [2.24, 2.45) is 0 Å². The molecule has 0 radical (unpaired) electrons. The van der Waals surface area contributed by atoms with Gasteiger partial charge in [0, 0.05) is 25.0 Å². The van der Waals surface area contributed by atoms with Gasteiger partial charge in [-0.05, 0) is 25.7 Å². The number of fused-ring (bicyclic) bond motifs is 2. The molecule has 2 N–H and O–H groups in total. The first-order chi connectivity index (χ1) is 9.56. The highest BCUT2D eigenvalue weighted by Gasteiger charge is 2.45. The summed E-state index contributed by atoms with van der Waals surface area (Å²) in [5.74, 6) is -1.19. The number of ether oxygens (including phenoxy) is 1. The van der Waals surface area contributed by atoms with Crippen LogP contribution < -0.4 is 5.32 Å². The van der Waals surface area contributed by atoms with Crippen LogP contribution in [0, 0.1) is 0 Å².